The summed E-state index contributed by atoms with van der Waals surface area (Å²) in [6, 6.07) is 6.01. The largest absolute Gasteiger partial charge is 0.508 e. The Bertz CT molecular complexity index is 306. The normalized spacial score (nSPS) is 9.53. The molecule has 0 aromatic heterocycles. The number of phenols is 1. The van der Waals surface area contributed by atoms with Crippen LogP contribution in [0.15, 0.2) is 24.3 Å². The van der Waals surface area contributed by atoms with Crippen LogP contribution in [0.4, 0.5) is 0 Å². The van der Waals surface area contributed by atoms with Gasteiger partial charge in [-0.2, -0.15) is 0 Å². The van der Waals surface area contributed by atoms with E-state index in [-0.39, 0.29) is 63.1 Å². The Morgan fingerprint density at radius 3 is 2.33 bits per heavy atom. The van der Waals surface area contributed by atoms with Crippen molar-refractivity contribution >= 4 is 57.4 Å². The zero-order valence-electron chi connectivity index (χ0n) is 9.36. The van der Waals surface area contributed by atoms with E-state index in [0.29, 0.717) is 18.1 Å². The monoisotopic (exact) mass is 233 g/mol. The maximum Gasteiger partial charge on any atom is 0.338 e. The molecule has 0 heterocycles. The summed E-state index contributed by atoms with van der Waals surface area (Å²) in [4.78, 5) is 11.4. The average Bonchev–Trinajstić information content (AvgIpc) is 2.15. The standard InChI is InChI=1S/C11H14O3.K/c1-8(2)7-14-11(13)9-3-5-10(12)6-4-9;/h3-6,8,12H,7H2,1-2H3;. The third kappa shape index (κ3) is 5.68. The molecule has 77 valence electrons. The van der Waals surface area contributed by atoms with Crippen molar-refractivity contribution in [1.29, 1.82) is 0 Å². The number of ether oxygens (including phenoxy) is 1. The molecule has 0 saturated carbocycles. The Balaban J connectivity index is 0.00000196. The molecular formula is C11H14KO3. The number of carbonyl (C=O) groups is 1. The summed E-state index contributed by atoms with van der Waals surface area (Å²) < 4.78 is 5.01. The molecule has 0 aliphatic heterocycles. The first-order valence-electron chi connectivity index (χ1n) is 4.55. The molecule has 1 aromatic rings. The van der Waals surface area contributed by atoms with Crippen molar-refractivity contribution < 1.29 is 14.6 Å². The predicted molar refractivity (Wildman–Crippen MR) is 59.0 cm³/mol. The van der Waals surface area contributed by atoms with Crippen LogP contribution in [-0.4, -0.2) is 69.1 Å². The van der Waals surface area contributed by atoms with Crippen molar-refractivity contribution in [1.82, 2.24) is 0 Å². The van der Waals surface area contributed by atoms with Gasteiger partial charge in [-0.25, -0.2) is 4.79 Å². The van der Waals surface area contributed by atoms with Gasteiger partial charge in [-0.15, -0.1) is 0 Å². The van der Waals surface area contributed by atoms with Crippen molar-refractivity contribution in [3.05, 3.63) is 29.8 Å². The zero-order valence-corrected chi connectivity index (χ0v) is 12.5. The van der Waals surface area contributed by atoms with Crippen LogP contribution >= 0.6 is 0 Å². The molecule has 0 aliphatic carbocycles. The molecule has 0 fully saturated rings. The van der Waals surface area contributed by atoms with Gasteiger partial charge in [-0.3, -0.25) is 0 Å². The van der Waals surface area contributed by atoms with Crippen LogP contribution in [0.3, 0.4) is 0 Å². The minimum Gasteiger partial charge on any atom is -0.508 e. The van der Waals surface area contributed by atoms with Gasteiger partial charge in [0.15, 0.2) is 0 Å². The second-order valence-electron chi connectivity index (χ2n) is 3.54. The van der Waals surface area contributed by atoms with E-state index in [1.165, 1.54) is 24.3 Å². The number of hydrogen-bond donors (Lipinski definition) is 1. The Labute approximate surface area is 132 Å². The number of aromatic hydroxyl groups is 1. The van der Waals surface area contributed by atoms with E-state index in [4.69, 9.17) is 9.84 Å². The maximum absolute atomic E-state index is 11.4. The number of esters is 1. The fourth-order valence-electron chi connectivity index (χ4n) is 0.923. The van der Waals surface area contributed by atoms with Crippen molar-refractivity contribution in [2.75, 3.05) is 6.61 Å². The number of carbonyl (C=O) groups excluding carboxylic acids is 1. The maximum atomic E-state index is 11.4. The molecule has 1 N–H and O–H groups in total. The van der Waals surface area contributed by atoms with Crippen LogP contribution in [0.2, 0.25) is 0 Å². The molecule has 0 bridgehead atoms. The Morgan fingerprint density at radius 1 is 1.33 bits per heavy atom. The molecule has 1 rings (SSSR count). The van der Waals surface area contributed by atoms with E-state index in [1.54, 1.807) is 0 Å². The van der Waals surface area contributed by atoms with Crippen LogP contribution in [0, 0.1) is 5.92 Å². The molecule has 0 amide bonds. The number of benzene rings is 1. The molecule has 15 heavy (non-hydrogen) atoms. The van der Waals surface area contributed by atoms with Gasteiger partial charge in [0.25, 0.3) is 0 Å². The zero-order chi connectivity index (χ0) is 10.6. The SMILES string of the molecule is CC(C)COC(=O)c1ccc(O)cc1.[K]. The quantitative estimate of drug-likeness (QED) is 0.640. The Hall–Kier alpha value is 0.126. The molecule has 4 heteroatoms. The summed E-state index contributed by atoms with van der Waals surface area (Å²) in [5.41, 5.74) is 0.462. The molecule has 1 radical (unpaired) electrons. The predicted octanol–water partition coefficient (Wildman–Crippen LogP) is 1.82. The third-order valence-electron chi connectivity index (χ3n) is 1.65. The second-order valence-corrected chi connectivity index (χ2v) is 3.54. The first-order valence-corrected chi connectivity index (χ1v) is 4.55. The molecule has 0 saturated heterocycles. The third-order valence-corrected chi connectivity index (χ3v) is 1.65. The van der Waals surface area contributed by atoms with Gasteiger partial charge in [-0.05, 0) is 30.2 Å². The van der Waals surface area contributed by atoms with Crippen LogP contribution in [0.25, 0.3) is 0 Å². The summed E-state index contributed by atoms with van der Waals surface area (Å²) in [6.45, 7) is 4.37. The van der Waals surface area contributed by atoms with Crippen molar-refractivity contribution in [3.8, 4) is 5.75 Å². The number of hydrogen-bond acceptors (Lipinski definition) is 3. The van der Waals surface area contributed by atoms with Crippen molar-refractivity contribution in [2.24, 2.45) is 5.92 Å². The Morgan fingerprint density at radius 2 is 1.87 bits per heavy atom. The van der Waals surface area contributed by atoms with Gasteiger partial charge < -0.3 is 9.84 Å². The van der Waals surface area contributed by atoms with Crippen LogP contribution < -0.4 is 0 Å². The summed E-state index contributed by atoms with van der Waals surface area (Å²) in [6.07, 6.45) is 0. The molecule has 0 spiro atoms. The van der Waals surface area contributed by atoms with Crippen LogP contribution in [-0.2, 0) is 4.74 Å². The van der Waals surface area contributed by atoms with E-state index < -0.39 is 0 Å². The fraction of sp³-hybridized carbons (Fsp3) is 0.364. The number of phenolic OH excluding ortho intramolecular Hbond substituents is 1. The molecule has 3 nitrogen and oxygen atoms in total. The molecular weight excluding hydrogens is 219 g/mol. The van der Waals surface area contributed by atoms with E-state index in [9.17, 15) is 4.79 Å². The topological polar surface area (TPSA) is 46.5 Å². The van der Waals surface area contributed by atoms with Crippen molar-refractivity contribution in [3.63, 3.8) is 0 Å². The van der Waals surface area contributed by atoms with Gasteiger partial charge in [-0.1, -0.05) is 13.8 Å². The second kappa shape index (κ2) is 7.41. The van der Waals surface area contributed by atoms with E-state index in [0.717, 1.165) is 0 Å². The first-order chi connectivity index (χ1) is 6.59. The smallest absolute Gasteiger partial charge is 0.338 e. The summed E-state index contributed by atoms with van der Waals surface area (Å²) in [7, 11) is 0. The fourth-order valence-corrected chi connectivity index (χ4v) is 0.923. The molecule has 1 aromatic carbocycles. The van der Waals surface area contributed by atoms with Gasteiger partial charge in [0.05, 0.1) is 12.2 Å². The van der Waals surface area contributed by atoms with Gasteiger partial charge >= 0.3 is 5.97 Å². The Kier molecular flexibility index (Phi) is 7.47. The minimum absolute atomic E-state index is 0. The van der Waals surface area contributed by atoms with Gasteiger partial charge in [0.1, 0.15) is 5.75 Å². The van der Waals surface area contributed by atoms with Crippen molar-refractivity contribution in [2.45, 2.75) is 13.8 Å². The average molecular weight is 233 g/mol. The van der Waals surface area contributed by atoms with Gasteiger partial charge in [0.2, 0.25) is 0 Å². The van der Waals surface area contributed by atoms with Crippen LogP contribution in [0.1, 0.15) is 24.2 Å². The first kappa shape index (κ1) is 15.1. The van der Waals surface area contributed by atoms with E-state index >= 15 is 0 Å². The van der Waals surface area contributed by atoms with Crippen LogP contribution in [0.5, 0.6) is 5.75 Å². The number of rotatable bonds is 3. The van der Waals surface area contributed by atoms with E-state index in [1.807, 2.05) is 13.8 Å². The summed E-state index contributed by atoms with van der Waals surface area (Å²) in [5, 5.41) is 9.00. The minimum atomic E-state index is -0.348. The van der Waals surface area contributed by atoms with E-state index in [2.05, 4.69) is 0 Å². The van der Waals surface area contributed by atoms with Gasteiger partial charge in [0, 0.05) is 51.4 Å². The summed E-state index contributed by atoms with van der Waals surface area (Å²) in [5.74, 6) is 0.125. The molecule has 0 atom stereocenters. The summed E-state index contributed by atoms with van der Waals surface area (Å²) >= 11 is 0. The molecule has 0 aliphatic rings. The molecule has 0 unspecified atom stereocenters.